The van der Waals surface area contributed by atoms with Crippen molar-refractivity contribution < 1.29 is 32.2 Å². The minimum Gasteiger partial charge on any atom is -0.458 e. The smallest absolute Gasteiger partial charge is 0.416 e. The van der Waals surface area contributed by atoms with Crippen LogP contribution in [-0.4, -0.2) is 30.2 Å². The number of hydrogen-bond donors (Lipinski definition) is 0. The lowest BCUT2D eigenvalue weighted by Crippen LogP contribution is -2.51. The molecule has 1 aliphatic heterocycles. The van der Waals surface area contributed by atoms with Crippen LogP contribution < -0.4 is 4.90 Å². The topological polar surface area (TPSA) is 82.9 Å². The number of allylic oxidation sites excluding steroid dienone is 1. The number of anilines is 1. The molecule has 0 spiro atoms. The van der Waals surface area contributed by atoms with Gasteiger partial charge in [-0.25, -0.2) is 9.59 Å². The number of amides is 2. The van der Waals surface area contributed by atoms with Gasteiger partial charge in [0.25, 0.3) is 0 Å². The van der Waals surface area contributed by atoms with Gasteiger partial charge >= 0.3 is 18.2 Å². The van der Waals surface area contributed by atoms with Crippen molar-refractivity contribution in [2.75, 3.05) is 18.2 Å². The van der Waals surface area contributed by atoms with Gasteiger partial charge in [-0.2, -0.15) is 18.4 Å². The monoisotopic (exact) mass is 561 g/mol. The second-order valence-electron chi connectivity index (χ2n) is 9.12. The SMILES string of the molecule is C=CCOC(=O)C1=C(C)N(c2cccc(C(F)(F)F)c2)C(=O)N(COCc2ccccc2)[C@@H]1c1ccc(C#N)cc1. The van der Waals surface area contributed by atoms with Crippen molar-refractivity contribution >= 4 is 17.7 Å². The Labute approximate surface area is 235 Å². The molecule has 10 heteroatoms. The summed E-state index contributed by atoms with van der Waals surface area (Å²) >= 11 is 0. The highest BCUT2D eigenvalue weighted by Gasteiger charge is 2.43. The first kappa shape index (κ1) is 29.1. The Balaban J connectivity index is 1.85. The summed E-state index contributed by atoms with van der Waals surface area (Å²) in [6.07, 6.45) is -3.27. The van der Waals surface area contributed by atoms with E-state index >= 15 is 0 Å². The largest absolute Gasteiger partial charge is 0.458 e. The first-order chi connectivity index (χ1) is 19.7. The highest BCUT2D eigenvalue weighted by Crippen LogP contribution is 2.41. The van der Waals surface area contributed by atoms with Crippen LogP contribution in [0.3, 0.4) is 0 Å². The van der Waals surface area contributed by atoms with Gasteiger partial charge in [0.15, 0.2) is 0 Å². The number of alkyl halides is 3. The molecule has 0 saturated heterocycles. The van der Waals surface area contributed by atoms with Crippen LogP contribution in [0.15, 0.2) is 103 Å². The van der Waals surface area contributed by atoms with E-state index < -0.39 is 29.8 Å². The summed E-state index contributed by atoms with van der Waals surface area (Å²) in [6, 6.07) is 20.1. The average molecular weight is 562 g/mol. The van der Waals surface area contributed by atoms with Gasteiger partial charge in [-0.3, -0.25) is 9.80 Å². The number of benzene rings is 3. The Kier molecular flexibility index (Phi) is 8.90. The first-order valence-electron chi connectivity index (χ1n) is 12.5. The summed E-state index contributed by atoms with van der Waals surface area (Å²) in [5.41, 5.74) is 0.766. The van der Waals surface area contributed by atoms with E-state index in [1.54, 1.807) is 24.3 Å². The van der Waals surface area contributed by atoms with Crippen molar-refractivity contribution in [1.29, 1.82) is 5.26 Å². The fourth-order valence-electron chi connectivity index (χ4n) is 4.51. The third-order valence-corrected chi connectivity index (χ3v) is 6.43. The summed E-state index contributed by atoms with van der Waals surface area (Å²) in [5, 5.41) is 9.26. The van der Waals surface area contributed by atoms with Crippen molar-refractivity contribution in [3.63, 3.8) is 0 Å². The van der Waals surface area contributed by atoms with E-state index in [0.29, 0.717) is 11.1 Å². The molecular weight excluding hydrogens is 535 g/mol. The molecule has 0 aromatic heterocycles. The molecule has 1 heterocycles. The second kappa shape index (κ2) is 12.5. The summed E-state index contributed by atoms with van der Waals surface area (Å²) < 4.78 is 52.0. The minimum absolute atomic E-state index is 0.0249. The molecule has 0 N–H and O–H groups in total. The molecule has 7 nitrogen and oxygen atoms in total. The van der Waals surface area contributed by atoms with Crippen molar-refractivity contribution in [3.8, 4) is 6.07 Å². The highest BCUT2D eigenvalue weighted by molar-refractivity contribution is 6.03. The Morgan fingerprint density at radius 3 is 2.41 bits per heavy atom. The van der Waals surface area contributed by atoms with Crippen LogP contribution >= 0.6 is 0 Å². The Bertz CT molecular complexity index is 1500. The van der Waals surface area contributed by atoms with E-state index in [4.69, 9.17) is 9.47 Å². The maximum absolute atomic E-state index is 14.1. The van der Waals surface area contributed by atoms with E-state index in [0.717, 1.165) is 22.6 Å². The number of rotatable bonds is 9. The molecular formula is C31H26F3N3O4. The zero-order valence-corrected chi connectivity index (χ0v) is 22.1. The molecule has 41 heavy (non-hydrogen) atoms. The third-order valence-electron chi connectivity index (χ3n) is 6.43. The third kappa shape index (κ3) is 6.48. The van der Waals surface area contributed by atoms with Crippen molar-refractivity contribution in [3.05, 3.63) is 125 Å². The zero-order chi connectivity index (χ0) is 29.6. The molecule has 210 valence electrons. The fourth-order valence-corrected chi connectivity index (χ4v) is 4.51. The Morgan fingerprint density at radius 2 is 1.78 bits per heavy atom. The number of carbonyl (C=O) groups excluding carboxylic acids is 2. The van der Waals surface area contributed by atoms with Gasteiger partial charge in [0.2, 0.25) is 0 Å². The quantitative estimate of drug-likeness (QED) is 0.214. The predicted molar refractivity (Wildman–Crippen MR) is 145 cm³/mol. The second-order valence-corrected chi connectivity index (χ2v) is 9.12. The highest BCUT2D eigenvalue weighted by atomic mass is 19.4. The lowest BCUT2D eigenvalue weighted by atomic mass is 9.92. The maximum atomic E-state index is 14.1. The standard InChI is InChI=1S/C31H26F3N3O4/c1-3-16-41-29(38)27-21(2)37(26-11-7-10-25(17-26)31(32,33)34)30(39)36(20-40-19-23-8-5-4-6-9-23)28(27)24-14-12-22(18-35)13-15-24/h3-15,17,28H,1,16,19-20H2,2H3/t28-/m1/s1. The van der Waals surface area contributed by atoms with Crippen LogP contribution in [0.2, 0.25) is 0 Å². The molecule has 0 fully saturated rings. The van der Waals surface area contributed by atoms with Crippen LogP contribution in [-0.2, 0) is 27.1 Å². The van der Waals surface area contributed by atoms with Gasteiger partial charge in [0.05, 0.1) is 41.1 Å². The fraction of sp³-hybridized carbons (Fsp3) is 0.194. The van der Waals surface area contributed by atoms with Crippen LogP contribution in [0.4, 0.5) is 23.7 Å². The van der Waals surface area contributed by atoms with Crippen molar-refractivity contribution in [2.24, 2.45) is 0 Å². The zero-order valence-electron chi connectivity index (χ0n) is 22.1. The molecule has 3 aromatic rings. The number of carbonyl (C=O) groups is 2. The molecule has 0 aliphatic carbocycles. The van der Waals surface area contributed by atoms with Gasteiger partial charge in [0, 0.05) is 5.70 Å². The number of esters is 1. The van der Waals surface area contributed by atoms with Gasteiger partial charge < -0.3 is 9.47 Å². The van der Waals surface area contributed by atoms with Gasteiger partial charge in [-0.05, 0) is 48.4 Å². The number of nitrogens with zero attached hydrogens (tertiary/aromatic N) is 3. The molecule has 1 aliphatic rings. The molecule has 0 radical (unpaired) electrons. The van der Waals surface area contributed by atoms with E-state index in [1.807, 2.05) is 36.4 Å². The Hall–Kier alpha value is -4.88. The molecule has 0 unspecified atom stereocenters. The van der Waals surface area contributed by atoms with Gasteiger partial charge in [0.1, 0.15) is 13.3 Å². The van der Waals surface area contributed by atoms with Crippen LogP contribution in [0.1, 0.15) is 35.2 Å². The van der Waals surface area contributed by atoms with E-state index in [2.05, 4.69) is 6.58 Å². The summed E-state index contributed by atoms with van der Waals surface area (Å²) in [5.74, 6) is -0.783. The number of nitriles is 1. The molecule has 0 saturated carbocycles. The molecule has 0 bridgehead atoms. The first-order valence-corrected chi connectivity index (χ1v) is 12.5. The predicted octanol–water partition coefficient (Wildman–Crippen LogP) is 6.74. The van der Waals surface area contributed by atoms with Crippen molar-refractivity contribution in [2.45, 2.75) is 25.7 Å². The van der Waals surface area contributed by atoms with Crippen LogP contribution in [0.25, 0.3) is 0 Å². The van der Waals surface area contributed by atoms with E-state index in [9.17, 15) is 28.0 Å². The lowest BCUT2D eigenvalue weighted by Gasteiger charge is -2.42. The minimum atomic E-state index is -4.65. The number of urea groups is 1. The van der Waals surface area contributed by atoms with E-state index in [1.165, 1.54) is 30.0 Å². The molecule has 1 atom stereocenters. The molecule has 3 aromatic carbocycles. The molecule has 2 amide bonds. The number of hydrogen-bond acceptors (Lipinski definition) is 5. The summed E-state index contributed by atoms with van der Waals surface area (Å²) in [7, 11) is 0. The Morgan fingerprint density at radius 1 is 1.07 bits per heavy atom. The average Bonchev–Trinajstić information content (AvgIpc) is 2.97. The van der Waals surface area contributed by atoms with Gasteiger partial charge in [-0.15, -0.1) is 0 Å². The number of halogens is 3. The van der Waals surface area contributed by atoms with Crippen molar-refractivity contribution in [1.82, 2.24) is 4.90 Å². The number of ether oxygens (including phenoxy) is 2. The van der Waals surface area contributed by atoms with Crippen LogP contribution in [0.5, 0.6) is 0 Å². The van der Waals surface area contributed by atoms with Crippen LogP contribution in [0, 0.1) is 11.3 Å². The maximum Gasteiger partial charge on any atom is 0.416 e. The van der Waals surface area contributed by atoms with Gasteiger partial charge in [-0.1, -0.05) is 61.2 Å². The lowest BCUT2D eigenvalue weighted by molar-refractivity contribution is -0.139. The summed E-state index contributed by atoms with van der Waals surface area (Å²) in [6.45, 7) is 4.73. The van der Waals surface area contributed by atoms with E-state index in [-0.39, 0.29) is 36.9 Å². The normalized spacial score (nSPS) is 15.5. The summed E-state index contributed by atoms with van der Waals surface area (Å²) in [4.78, 5) is 29.8. The molecule has 4 rings (SSSR count).